The van der Waals surface area contributed by atoms with Crippen molar-refractivity contribution in [3.8, 4) is 0 Å². The Balaban J connectivity index is 1.79. The molecule has 0 fully saturated rings. The van der Waals surface area contributed by atoms with Crippen molar-refractivity contribution in [2.75, 3.05) is 11.9 Å². The van der Waals surface area contributed by atoms with E-state index in [4.69, 9.17) is 4.74 Å². The molecule has 0 heterocycles. The number of hydrogen-bond donors (Lipinski definition) is 0. The van der Waals surface area contributed by atoms with Crippen molar-refractivity contribution in [1.29, 1.82) is 0 Å². The molecular formula is C14H17BrO. The lowest BCUT2D eigenvalue weighted by molar-refractivity contribution is 0.0514. The molecule has 0 spiro atoms. The number of hydrogen-bond acceptors (Lipinski definition) is 1. The van der Waals surface area contributed by atoms with Gasteiger partial charge in [0.05, 0.1) is 13.2 Å². The van der Waals surface area contributed by atoms with Crippen molar-refractivity contribution in [3.63, 3.8) is 0 Å². The van der Waals surface area contributed by atoms with Gasteiger partial charge in [0, 0.05) is 10.7 Å². The predicted octanol–water partition coefficient (Wildman–Crippen LogP) is 3.93. The van der Waals surface area contributed by atoms with Crippen LogP contribution in [0.1, 0.15) is 18.4 Å². The third kappa shape index (κ3) is 2.96. The average molecular weight is 281 g/mol. The van der Waals surface area contributed by atoms with Crippen molar-refractivity contribution in [3.05, 3.63) is 48.0 Å². The van der Waals surface area contributed by atoms with Crippen molar-refractivity contribution < 1.29 is 4.74 Å². The molecule has 1 nitrogen and oxygen atoms in total. The van der Waals surface area contributed by atoms with Crippen molar-refractivity contribution in [1.82, 2.24) is 0 Å². The molecule has 16 heavy (non-hydrogen) atoms. The summed E-state index contributed by atoms with van der Waals surface area (Å²) in [5.74, 6) is 0. The van der Waals surface area contributed by atoms with Gasteiger partial charge in [0.2, 0.25) is 0 Å². The van der Waals surface area contributed by atoms with Crippen LogP contribution in [0.4, 0.5) is 0 Å². The van der Waals surface area contributed by atoms with E-state index < -0.39 is 0 Å². The maximum absolute atomic E-state index is 5.83. The number of benzene rings is 1. The van der Waals surface area contributed by atoms with Crippen LogP contribution in [0.2, 0.25) is 0 Å². The number of alkyl halides is 1. The van der Waals surface area contributed by atoms with Gasteiger partial charge in [-0.05, 0) is 18.4 Å². The van der Waals surface area contributed by atoms with E-state index in [-0.39, 0.29) is 0 Å². The van der Waals surface area contributed by atoms with Crippen LogP contribution >= 0.6 is 15.9 Å². The second-order valence-electron chi connectivity index (χ2n) is 4.49. The number of allylic oxidation sites excluding steroid dienone is 2. The van der Waals surface area contributed by atoms with Gasteiger partial charge in [-0.25, -0.2) is 0 Å². The molecule has 0 amide bonds. The van der Waals surface area contributed by atoms with Crippen LogP contribution in [0.3, 0.4) is 0 Å². The minimum Gasteiger partial charge on any atom is -0.376 e. The molecule has 1 aromatic carbocycles. The fourth-order valence-corrected chi connectivity index (χ4v) is 2.59. The van der Waals surface area contributed by atoms with E-state index in [0.717, 1.165) is 31.4 Å². The molecule has 0 aromatic heterocycles. The van der Waals surface area contributed by atoms with E-state index in [9.17, 15) is 0 Å². The van der Waals surface area contributed by atoms with E-state index in [1.807, 2.05) is 6.07 Å². The van der Waals surface area contributed by atoms with Crippen LogP contribution in [-0.2, 0) is 11.3 Å². The summed E-state index contributed by atoms with van der Waals surface area (Å²) < 4.78 is 5.83. The molecule has 86 valence electrons. The lowest BCUT2D eigenvalue weighted by Crippen LogP contribution is -2.25. The summed E-state index contributed by atoms with van der Waals surface area (Å²) >= 11 is 3.60. The highest BCUT2D eigenvalue weighted by molar-refractivity contribution is 9.09. The molecule has 1 aliphatic rings. The lowest BCUT2D eigenvalue weighted by Gasteiger charge is -2.26. The topological polar surface area (TPSA) is 9.23 Å². The van der Waals surface area contributed by atoms with Gasteiger partial charge >= 0.3 is 0 Å². The Morgan fingerprint density at radius 2 is 1.81 bits per heavy atom. The van der Waals surface area contributed by atoms with Gasteiger partial charge in [0.25, 0.3) is 0 Å². The van der Waals surface area contributed by atoms with Gasteiger partial charge in [-0.3, -0.25) is 0 Å². The summed E-state index contributed by atoms with van der Waals surface area (Å²) in [5.41, 5.74) is 1.55. The highest BCUT2D eigenvalue weighted by atomic mass is 79.9. The average Bonchev–Trinajstić information content (AvgIpc) is 2.80. The van der Waals surface area contributed by atoms with Crippen molar-refractivity contribution in [2.24, 2.45) is 5.41 Å². The summed E-state index contributed by atoms with van der Waals surface area (Å²) in [7, 11) is 0. The van der Waals surface area contributed by atoms with Crippen LogP contribution in [0.15, 0.2) is 42.5 Å². The summed E-state index contributed by atoms with van der Waals surface area (Å²) in [5, 5.41) is 1.02. The van der Waals surface area contributed by atoms with E-state index in [1.165, 1.54) is 5.56 Å². The SMILES string of the molecule is BrCC1(COCc2ccccc2)CC=CC1. The first kappa shape index (κ1) is 11.9. The molecule has 0 saturated carbocycles. The first-order valence-electron chi connectivity index (χ1n) is 5.67. The van der Waals surface area contributed by atoms with E-state index >= 15 is 0 Å². The molecule has 2 rings (SSSR count). The Morgan fingerprint density at radius 1 is 1.12 bits per heavy atom. The van der Waals surface area contributed by atoms with Crippen LogP contribution in [0.25, 0.3) is 0 Å². The Hall–Kier alpha value is -0.600. The first-order chi connectivity index (χ1) is 7.85. The zero-order chi connectivity index (χ0) is 11.3. The second kappa shape index (κ2) is 5.65. The highest BCUT2D eigenvalue weighted by Gasteiger charge is 2.29. The Labute approximate surface area is 106 Å². The van der Waals surface area contributed by atoms with Crippen molar-refractivity contribution in [2.45, 2.75) is 19.4 Å². The zero-order valence-corrected chi connectivity index (χ0v) is 10.9. The van der Waals surface area contributed by atoms with Gasteiger partial charge in [0.1, 0.15) is 0 Å². The number of rotatable bonds is 5. The molecule has 0 N–H and O–H groups in total. The molecule has 1 aromatic rings. The van der Waals surface area contributed by atoms with E-state index in [2.05, 4.69) is 52.3 Å². The second-order valence-corrected chi connectivity index (χ2v) is 5.05. The number of halogens is 1. The van der Waals surface area contributed by atoms with Gasteiger partial charge in [-0.1, -0.05) is 58.4 Å². The molecule has 0 saturated heterocycles. The normalized spacial score (nSPS) is 17.8. The minimum absolute atomic E-state index is 0.300. The van der Waals surface area contributed by atoms with Gasteiger partial charge in [-0.2, -0.15) is 0 Å². The Kier molecular flexibility index (Phi) is 4.19. The van der Waals surface area contributed by atoms with E-state index in [1.54, 1.807) is 0 Å². The molecule has 1 aliphatic carbocycles. The van der Waals surface area contributed by atoms with Gasteiger partial charge in [0.15, 0.2) is 0 Å². The third-order valence-electron chi connectivity index (χ3n) is 3.07. The van der Waals surface area contributed by atoms with Crippen molar-refractivity contribution >= 4 is 15.9 Å². The quantitative estimate of drug-likeness (QED) is 0.587. The fraction of sp³-hybridized carbons (Fsp3) is 0.429. The number of ether oxygens (including phenoxy) is 1. The van der Waals surface area contributed by atoms with Crippen LogP contribution < -0.4 is 0 Å². The molecule has 0 aliphatic heterocycles. The maximum atomic E-state index is 5.83. The van der Waals surface area contributed by atoms with Crippen LogP contribution in [0.5, 0.6) is 0 Å². The predicted molar refractivity (Wildman–Crippen MR) is 70.7 cm³/mol. The maximum Gasteiger partial charge on any atom is 0.0717 e. The zero-order valence-electron chi connectivity index (χ0n) is 9.36. The smallest absolute Gasteiger partial charge is 0.0717 e. The lowest BCUT2D eigenvalue weighted by atomic mass is 9.89. The summed E-state index contributed by atoms with van der Waals surface area (Å²) in [6.45, 7) is 1.55. The minimum atomic E-state index is 0.300. The summed E-state index contributed by atoms with van der Waals surface area (Å²) in [6.07, 6.45) is 6.78. The largest absolute Gasteiger partial charge is 0.376 e. The third-order valence-corrected chi connectivity index (χ3v) is 4.26. The van der Waals surface area contributed by atoms with Gasteiger partial charge < -0.3 is 4.74 Å². The standard InChI is InChI=1S/C14H17BrO/c15-11-14(8-4-5-9-14)12-16-10-13-6-2-1-3-7-13/h1-7H,8-12H2. The van der Waals surface area contributed by atoms with Crippen LogP contribution in [0, 0.1) is 5.41 Å². The first-order valence-corrected chi connectivity index (χ1v) is 6.79. The molecule has 0 atom stereocenters. The molecule has 0 radical (unpaired) electrons. The fourth-order valence-electron chi connectivity index (χ4n) is 1.98. The Bertz CT molecular complexity index is 337. The monoisotopic (exact) mass is 280 g/mol. The summed E-state index contributed by atoms with van der Waals surface area (Å²) in [6, 6.07) is 10.3. The summed E-state index contributed by atoms with van der Waals surface area (Å²) in [4.78, 5) is 0. The molecular weight excluding hydrogens is 264 g/mol. The molecule has 0 bridgehead atoms. The highest BCUT2D eigenvalue weighted by Crippen LogP contribution is 2.35. The molecule has 0 unspecified atom stereocenters. The molecule has 2 heteroatoms. The Morgan fingerprint density at radius 3 is 2.44 bits per heavy atom. The van der Waals surface area contributed by atoms with Gasteiger partial charge in [-0.15, -0.1) is 0 Å². The van der Waals surface area contributed by atoms with E-state index in [0.29, 0.717) is 5.41 Å². The van der Waals surface area contributed by atoms with Crippen LogP contribution in [-0.4, -0.2) is 11.9 Å².